The zero-order valence-electron chi connectivity index (χ0n) is 17.5. The second-order valence-electron chi connectivity index (χ2n) is 7.75. The molecule has 0 bridgehead atoms. The van der Waals surface area contributed by atoms with Gasteiger partial charge in [0, 0.05) is 38.3 Å². The van der Waals surface area contributed by atoms with Crippen LogP contribution in [0.3, 0.4) is 0 Å². The van der Waals surface area contributed by atoms with Gasteiger partial charge in [0.15, 0.2) is 0 Å². The lowest BCUT2D eigenvalue weighted by Gasteiger charge is -2.35. The summed E-state index contributed by atoms with van der Waals surface area (Å²) < 4.78 is 5.47. The van der Waals surface area contributed by atoms with Crippen LogP contribution in [-0.2, 0) is 17.9 Å². The third-order valence-electron chi connectivity index (χ3n) is 5.53. The topological polar surface area (TPSA) is 57.0 Å². The van der Waals surface area contributed by atoms with Crippen molar-refractivity contribution in [1.82, 2.24) is 14.7 Å². The first-order valence-corrected chi connectivity index (χ1v) is 10.6. The van der Waals surface area contributed by atoms with Crippen LogP contribution in [0.15, 0.2) is 83.5 Å². The normalized spacial score (nSPS) is 14.4. The number of piperazine rings is 1. The first-order valence-electron chi connectivity index (χ1n) is 10.6. The number of nitrogens with zero attached hydrogens (tertiary/aromatic N) is 3. The molecule has 3 aromatic rings. The fraction of sp³-hybridized carbons (Fsp3) is 0.280. The lowest BCUT2D eigenvalue weighted by Crippen LogP contribution is -2.51. The van der Waals surface area contributed by atoms with E-state index in [-0.39, 0.29) is 11.8 Å². The number of carbonyl (C=O) groups is 2. The second-order valence-corrected chi connectivity index (χ2v) is 7.75. The predicted octanol–water partition coefficient (Wildman–Crippen LogP) is 3.27. The molecule has 1 saturated heterocycles. The molecule has 2 aromatic carbocycles. The standard InChI is InChI=1S/C25H27N3O3/c29-24(28(19-23-12-7-17-31-23)18-21-8-3-1-4-9-21)20-26-13-15-27(16-14-26)25(30)22-10-5-2-6-11-22/h1-12,17H,13-16,18-20H2. The Balaban J connectivity index is 1.34. The fourth-order valence-electron chi connectivity index (χ4n) is 3.79. The molecule has 6 nitrogen and oxygen atoms in total. The van der Waals surface area contributed by atoms with Gasteiger partial charge in [0.25, 0.3) is 5.91 Å². The Morgan fingerprint density at radius 3 is 2.13 bits per heavy atom. The number of furan rings is 1. The molecule has 0 saturated carbocycles. The number of carbonyl (C=O) groups excluding carboxylic acids is 2. The highest BCUT2D eigenvalue weighted by molar-refractivity contribution is 5.94. The second kappa shape index (κ2) is 10.1. The third-order valence-corrected chi connectivity index (χ3v) is 5.53. The molecule has 1 aliphatic rings. The summed E-state index contributed by atoms with van der Waals surface area (Å²) in [7, 11) is 0. The van der Waals surface area contributed by atoms with Crippen LogP contribution < -0.4 is 0 Å². The van der Waals surface area contributed by atoms with E-state index in [9.17, 15) is 9.59 Å². The van der Waals surface area contributed by atoms with Crippen molar-refractivity contribution in [3.63, 3.8) is 0 Å². The van der Waals surface area contributed by atoms with Gasteiger partial charge in [-0.3, -0.25) is 14.5 Å². The van der Waals surface area contributed by atoms with Gasteiger partial charge in [-0.1, -0.05) is 48.5 Å². The largest absolute Gasteiger partial charge is 0.467 e. The van der Waals surface area contributed by atoms with Crippen LogP contribution >= 0.6 is 0 Å². The van der Waals surface area contributed by atoms with E-state index in [0.29, 0.717) is 51.4 Å². The van der Waals surface area contributed by atoms with Crippen molar-refractivity contribution in [3.05, 3.63) is 95.9 Å². The summed E-state index contributed by atoms with van der Waals surface area (Å²) in [6.45, 7) is 3.92. The van der Waals surface area contributed by atoms with Crippen molar-refractivity contribution >= 4 is 11.8 Å². The Morgan fingerprint density at radius 1 is 0.806 bits per heavy atom. The molecular formula is C25H27N3O3. The van der Waals surface area contributed by atoms with Crippen LogP contribution in [0.5, 0.6) is 0 Å². The SMILES string of the molecule is O=C(CN1CCN(C(=O)c2ccccc2)CC1)N(Cc1ccccc1)Cc1ccco1. The van der Waals surface area contributed by atoms with Gasteiger partial charge in [-0.05, 0) is 29.8 Å². The maximum atomic E-state index is 13.1. The van der Waals surface area contributed by atoms with Crippen LogP contribution in [0, 0.1) is 0 Å². The number of hydrogen-bond donors (Lipinski definition) is 0. The van der Waals surface area contributed by atoms with Crippen molar-refractivity contribution in [2.24, 2.45) is 0 Å². The maximum Gasteiger partial charge on any atom is 0.253 e. The molecule has 1 fully saturated rings. The highest BCUT2D eigenvalue weighted by Crippen LogP contribution is 2.13. The highest BCUT2D eigenvalue weighted by Gasteiger charge is 2.25. The molecule has 1 aliphatic heterocycles. The predicted molar refractivity (Wildman–Crippen MR) is 118 cm³/mol. The van der Waals surface area contributed by atoms with Crippen LogP contribution in [0.1, 0.15) is 21.7 Å². The minimum atomic E-state index is 0.0510. The molecule has 160 valence electrons. The van der Waals surface area contributed by atoms with Gasteiger partial charge in [-0.2, -0.15) is 0 Å². The molecule has 0 unspecified atom stereocenters. The molecule has 0 radical (unpaired) electrons. The molecule has 0 aliphatic carbocycles. The van der Waals surface area contributed by atoms with E-state index < -0.39 is 0 Å². The molecule has 1 aromatic heterocycles. The number of rotatable bonds is 7. The summed E-state index contributed by atoms with van der Waals surface area (Å²) in [4.78, 5) is 31.6. The summed E-state index contributed by atoms with van der Waals surface area (Å²) in [6.07, 6.45) is 1.63. The van der Waals surface area contributed by atoms with Gasteiger partial charge in [0.2, 0.25) is 5.91 Å². The van der Waals surface area contributed by atoms with Crippen molar-refractivity contribution in [2.75, 3.05) is 32.7 Å². The van der Waals surface area contributed by atoms with Crippen LogP contribution in [0.2, 0.25) is 0 Å². The van der Waals surface area contributed by atoms with Gasteiger partial charge in [-0.25, -0.2) is 0 Å². The third kappa shape index (κ3) is 5.61. The minimum absolute atomic E-state index is 0.0510. The van der Waals surface area contributed by atoms with Gasteiger partial charge < -0.3 is 14.2 Å². The lowest BCUT2D eigenvalue weighted by molar-refractivity contribution is -0.134. The Kier molecular flexibility index (Phi) is 6.79. The van der Waals surface area contributed by atoms with Crippen molar-refractivity contribution in [2.45, 2.75) is 13.1 Å². The Hall–Kier alpha value is -3.38. The molecule has 0 spiro atoms. The molecule has 6 heteroatoms. The summed E-state index contributed by atoms with van der Waals surface area (Å²) in [5, 5.41) is 0. The zero-order chi connectivity index (χ0) is 21.5. The van der Waals surface area contributed by atoms with E-state index in [0.717, 1.165) is 11.3 Å². The van der Waals surface area contributed by atoms with Gasteiger partial charge >= 0.3 is 0 Å². The summed E-state index contributed by atoms with van der Waals surface area (Å²) in [5.41, 5.74) is 1.79. The first kappa shape index (κ1) is 20.9. The molecule has 2 amide bonds. The van der Waals surface area contributed by atoms with Gasteiger partial charge in [-0.15, -0.1) is 0 Å². The van der Waals surface area contributed by atoms with E-state index in [1.165, 1.54) is 0 Å². The summed E-state index contributed by atoms with van der Waals surface area (Å²) in [6, 6.07) is 23.0. The van der Waals surface area contributed by atoms with Crippen LogP contribution in [-0.4, -0.2) is 59.2 Å². The lowest BCUT2D eigenvalue weighted by atomic mass is 10.2. The maximum absolute atomic E-state index is 13.1. The zero-order valence-corrected chi connectivity index (χ0v) is 17.5. The van der Waals surface area contributed by atoms with E-state index in [2.05, 4.69) is 4.90 Å². The molecule has 2 heterocycles. The molecule has 0 N–H and O–H groups in total. The molecule has 0 atom stereocenters. The van der Waals surface area contributed by atoms with Crippen LogP contribution in [0.4, 0.5) is 0 Å². The van der Waals surface area contributed by atoms with Gasteiger partial charge in [0.1, 0.15) is 5.76 Å². The smallest absolute Gasteiger partial charge is 0.253 e. The van der Waals surface area contributed by atoms with Crippen molar-refractivity contribution in [3.8, 4) is 0 Å². The number of hydrogen-bond acceptors (Lipinski definition) is 4. The van der Waals surface area contributed by atoms with E-state index in [4.69, 9.17) is 4.42 Å². The van der Waals surface area contributed by atoms with E-state index >= 15 is 0 Å². The number of amides is 2. The average molecular weight is 418 g/mol. The Morgan fingerprint density at radius 2 is 1.48 bits per heavy atom. The minimum Gasteiger partial charge on any atom is -0.467 e. The fourth-order valence-corrected chi connectivity index (χ4v) is 3.79. The highest BCUT2D eigenvalue weighted by atomic mass is 16.3. The van der Waals surface area contributed by atoms with Crippen molar-refractivity contribution < 1.29 is 14.0 Å². The average Bonchev–Trinajstić information content (AvgIpc) is 3.33. The molecule has 4 rings (SSSR count). The van der Waals surface area contributed by atoms with E-state index in [1.54, 1.807) is 6.26 Å². The monoisotopic (exact) mass is 417 g/mol. The Bertz CT molecular complexity index is 966. The quantitative estimate of drug-likeness (QED) is 0.592. The van der Waals surface area contributed by atoms with E-state index in [1.807, 2.05) is 82.6 Å². The molecular weight excluding hydrogens is 390 g/mol. The molecule has 31 heavy (non-hydrogen) atoms. The van der Waals surface area contributed by atoms with Crippen LogP contribution in [0.25, 0.3) is 0 Å². The summed E-state index contributed by atoms with van der Waals surface area (Å²) in [5.74, 6) is 0.876. The van der Waals surface area contributed by atoms with Gasteiger partial charge in [0.05, 0.1) is 19.4 Å². The number of benzene rings is 2. The summed E-state index contributed by atoms with van der Waals surface area (Å²) >= 11 is 0. The Labute approximate surface area is 182 Å². The first-order chi connectivity index (χ1) is 15.2. The van der Waals surface area contributed by atoms with Crippen molar-refractivity contribution in [1.29, 1.82) is 0 Å².